The molecule has 0 aliphatic heterocycles. The van der Waals surface area contributed by atoms with Gasteiger partial charge in [-0.1, -0.05) is 17.3 Å². The van der Waals surface area contributed by atoms with Gasteiger partial charge in [0.15, 0.2) is 0 Å². The van der Waals surface area contributed by atoms with E-state index in [1.165, 1.54) is 24.3 Å². The number of rotatable bonds is 6. The smallest absolute Gasteiger partial charge is 0.329 e. The maximum atomic E-state index is 12.4. The number of benzene rings is 1. The van der Waals surface area contributed by atoms with Crippen LogP contribution in [-0.2, 0) is 16.2 Å². The molecule has 0 aliphatic carbocycles. The zero-order chi connectivity index (χ0) is 19.5. The van der Waals surface area contributed by atoms with E-state index < -0.39 is 28.0 Å². The van der Waals surface area contributed by atoms with Crippen molar-refractivity contribution in [2.45, 2.75) is 6.18 Å². The predicted molar refractivity (Wildman–Crippen MR) is 84.5 cm³/mol. The van der Waals surface area contributed by atoms with Gasteiger partial charge in [-0.2, -0.15) is 18.2 Å². The number of aromatic nitrogens is 2. The molecule has 0 fully saturated rings. The first kappa shape index (κ1) is 19.8. The van der Waals surface area contributed by atoms with Crippen LogP contribution in [0, 0.1) is 0 Å². The Morgan fingerprint density at radius 1 is 1.23 bits per heavy atom. The van der Waals surface area contributed by atoms with Crippen molar-refractivity contribution in [1.29, 1.82) is 0 Å². The molecule has 26 heavy (non-hydrogen) atoms. The Kier molecular flexibility index (Phi) is 5.66. The van der Waals surface area contributed by atoms with Gasteiger partial charge in [-0.15, -0.1) is 0 Å². The molecule has 2 aromatic rings. The van der Waals surface area contributed by atoms with Crippen LogP contribution >= 0.6 is 0 Å². The van der Waals surface area contributed by atoms with Crippen molar-refractivity contribution in [3.63, 3.8) is 0 Å². The highest BCUT2D eigenvalue weighted by Gasteiger charge is 2.38. The predicted octanol–water partition coefficient (Wildman–Crippen LogP) is 1.38. The number of hydrogen-bond donors (Lipinski definition) is 1. The van der Waals surface area contributed by atoms with Crippen LogP contribution < -0.4 is 4.72 Å². The summed E-state index contributed by atoms with van der Waals surface area (Å²) in [6, 6.07) is 5.06. The van der Waals surface area contributed by atoms with Gasteiger partial charge in [-0.25, -0.2) is 13.1 Å². The topological polar surface area (TPSA) is 105 Å². The van der Waals surface area contributed by atoms with E-state index in [1.54, 1.807) is 19.0 Å². The molecule has 1 N–H and O–H groups in total. The van der Waals surface area contributed by atoms with Gasteiger partial charge in [0.05, 0.1) is 5.75 Å². The second-order valence-corrected chi connectivity index (χ2v) is 7.39. The summed E-state index contributed by atoms with van der Waals surface area (Å²) in [5.74, 6) is -2.89. The van der Waals surface area contributed by atoms with Crippen molar-refractivity contribution in [3.05, 3.63) is 35.7 Å². The number of carbonyl (C=O) groups excluding carboxylic acids is 1. The lowest BCUT2D eigenvalue weighted by molar-refractivity contribution is -0.159. The minimum absolute atomic E-state index is 0.0155. The molecule has 0 bridgehead atoms. The van der Waals surface area contributed by atoms with Crippen molar-refractivity contribution in [2.24, 2.45) is 0 Å². The van der Waals surface area contributed by atoms with Gasteiger partial charge in [0.1, 0.15) is 0 Å². The van der Waals surface area contributed by atoms with Gasteiger partial charge < -0.3 is 9.42 Å². The number of amides is 1. The molecule has 0 unspecified atom stereocenters. The van der Waals surface area contributed by atoms with E-state index in [9.17, 15) is 26.4 Å². The molecule has 8 nitrogen and oxygen atoms in total. The largest absolute Gasteiger partial charge is 0.471 e. The van der Waals surface area contributed by atoms with Crippen LogP contribution in [0.5, 0.6) is 0 Å². The molecule has 12 heteroatoms. The summed E-state index contributed by atoms with van der Waals surface area (Å²) in [7, 11) is -0.420. The standard InChI is InChI=1S/C14H15F3N4O4S/c1-21(2)7-8-26(23,24)20-12(22)10-5-3-9(4-6-10)11-18-13(25-19-11)14(15,16)17/h3-6H,7-8H2,1-2H3,(H,20,22). The summed E-state index contributed by atoms with van der Waals surface area (Å²) in [6.45, 7) is 0.237. The number of nitrogens with one attached hydrogen (secondary N) is 1. The lowest BCUT2D eigenvalue weighted by Crippen LogP contribution is -2.35. The fourth-order valence-corrected chi connectivity index (χ4v) is 2.89. The lowest BCUT2D eigenvalue weighted by Gasteiger charge is -2.11. The second-order valence-electron chi connectivity index (χ2n) is 5.55. The minimum atomic E-state index is -4.76. The van der Waals surface area contributed by atoms with Crippen molar-refractivity contribution in [2.75, 3.05) is 26.4 Å². The summed E-state index contributed by atoms with van der Waals surface area (Å²) in [6.07, 6.45) is -4.76. The van der Waals surface area contributed by atoms with E-state index in [1.807, 2.05) is 4.72 Å². The summed E-state index contributed by atoms with van der Waals surface area (Å²) in [5, 5.41) is 3.22. The second kappa shape index (κ2) is 7.41. The zero-order valence-corrected chi connectivity index (χ0v) is 14.6. The Balaban J connectivity index is 2.09. The van der Waals surface area contributed by atoms with Crippen molar-refractivity contribution in [3.8, 4) is 11.4 Å². The molecule has 0 aliphatic rings. The van der Waals surface area contributed by atoms with E-state index in [0.29, 0.717) is 0 Å². The van der Waals surface area contributed by atoms with E-state index in [2.05, 4.69) is 14.7 Å². The number of nitrogens with zero attached hydrogens (tertiary/aromatic N) is 3. The summed E-state index contributed by atoms with van der Waals surface area (Å²) in [5.41, 5.74) is 0.193. The molecule has 2 rings (SSSR count). The molecule has 0 saturated heterocycles. The molecule has 1 aromatic carbocycles. The van der Waals surface area contributed by atoms with E-state index >= 15 is 0 Å². The first-order chi connectivity index (χ1) is 12.0. The van der Waals surface area contributed by atoms with Crippen LogP contribution in [0.1, 0.15) is 16.2 Å². The molecule has 0 atom stereocenters. The number of alkyl halides is 3. The van der Waals surface area contributed by atoms with Crippen LogP contribution in [0.25, 0.3) is 11.4 Å². The Morgan fingerprint density at radius 2 is 1.85 bits per heavy atom. The highest BCUT2D eigenvalue weighted by atomic mass is 32.2. The average Bonchev–Trinajstić information content (AvgIpc) is 3.03. The van der Waals surface area contributed by atoms with E-state index in [4.69, 9.17) is 0 Å². The number of carbonyl (C=O) groups is 1. The van der Waals surface area contributed by atoms with Gasteiger partial charge in [0.2, 0.25) is 15.8 Å². The molecule has 1 heterocycles. The molecular weight excluding hydrogens is 377 g/mol. The molecule has 0 saturated carbocycles. The maximum Gasteiger partial charge on any atom is 0.471 e. The Bertz CT molecular complexity index is 876. The summed E-state index contributed by atoms with van der Waals surface area (Å²) in [4.78, 5) is 16.9. The average molecular weight is 392 g/mol. The molecule has 0 spiro atoms. The van der Waals surface area contributed by atoms with Crippen LogP contribution in [-0.4, -0.2) is 55.8 Å². The van der Waals surface area contributed by atoms with Gasteiger partial charge in [-0.3, -0.25) is 4.79 Å². The van der Waals surface area contributed by atoms with Crippen LogP contribution in [0.15, 0.2) is 28.8 Å². The van der Waals surface area contributed by atoms with Gasteiger partial charge >= 0.3 is 12.1 Å². The summed E-state index contributed by atoms with van der Waals surface area (Å²) < 4.78 is 67.0. The third-order valence-corrected chi connectivity index (χ3v) is 4.35. The first-order valence-electron chi connectivity index (χ1n) is 7.19. The molecular formula is C14H15F3N4O4S. The highest BCUT2D eigenvalue weighted by Crippen LogP contribution is 2.29. The Labute approximate surface area is 147 Å². The fraction of sp³-hybridized carbons (Fsp3) is 0.357. The summed E-state index contributed by atoms with van der Waals surface area (Å²) >= 11 is 0. The third kappa shape index (κ3) is 5.26. The lowest BCUT2D eigenvalue weighted by atomic mass is 10.1. The SMILES string of the molecule is CN(C)CCS(=O)(=O)NC(=O)c1ccc(-c2noc(C(F)(F)F)n2)cc1. The highest BCUT2D eigenvalue weighted by molar-refractivity contribution is 7.90. The van der Waals surface area contributed by atoms with Crippen molar-refractivity contribution < 1.29 is 30.9 Å². The van der Waals surface area contributed by atoms with Crippen LogP contribution in [0.2, 0.25) is 0 Å². The molecule has 142 valence electrons. The van der Waals surface area contributed by atoms with Gasteiger partial charge in [0.25, 0.3) is 5.91 Å². The minimum Gasteiger partial charge on any atom is -0.329 e. The quantitative estimate of drug-likeness (QED) is 0.792. The van der Waals surface area contributed by atoms with Crippen LogP contribution in [0.3, 0.4) is 0 Å². The number of hydrogen-bond acceptors (Lipinski definition) is 7. The van der Waals surface area contributed by atoms with Gasteiger partial charge in [-0.05, 0) is 26.2 Å². The number of sulfonamides is 1. The Morgan fingerprint density at radius 3 is 2.35 bits per heavy atom. The fourth-order valence-electron chi connectivity index (χ4n) is 1.78. The van der Waals surface area contributed by atoms with Crippen LogP contribution in [0.4, 0.5) is 13.2 Å². The van der Waals surface area contributed by atoms with E-state index in [-0.39, 0.29) is 29.2 Å². The molecule has 1 amide bonds. The maximum absolute atomic E-state index is 12.4. The van der Waals surface area contributed by atoms with E-state index in [0.717, 1.165) is 0 Å². The number of halogens is 3. The molecule has 1 aromatic heterocycles. The zero-order valence-electron chi connectivity index (χ0n) is 13.7. The normalized spacial score (nSPS) is 12.4. The van der Waals surface area contributed by atoms with Gasteiger partial charge in [0, 0.05) is 17.7 Å². The Hall–Kier alpha value is -2.47. The molecule has 0 radical (unpaired) electrons. The third-order valence-electron chi connectivity index (χ3n) is 3.13. The van der Waals surface area contributed by atoms with Crippen molar-refractivity contribution >= 4 is 15.9 Å². The van der Waals surface area contributed by atoms with Crippen molar-refractivity contribution in [1.82, 2.24) is 19.8 Å². The monoisotopic (exact) mass is 392 g/mol. The first-order valence-corrected chi connectivity index (χ1v) is 8.84.